The van der Waals surface area contributed by atoms with Crippen LogP contribution in [0.5, 0.6) is 17.2 Å². The smallest absolute Gasteiger partial charge is 0.258 e. The van der Waals surface area contributed by atoms with Crippen molar-refractivity contribution in [1.82, 2.24) is 5.32 Å². The zero-order valence-corrected chi connectivity index (χ0v) is 16.6. The number of carbonyl (C=O) groups is 1. The fourth-order valence-electron chi connectivity index (χ4n) is 3.13. The van der Waals surface area contributed by atoms with Crippen LogP contribution in [0.15, 0.2) is 54.6 Å². The topological polar surface area (TPSA) is 56.8 Å². The Morgan fingerprint density at radius 2 is 1.61 bits per heavy atom. The Morgan fingerprint density at radius 1 is 0.964 bits per heavy atom. The van der Waals surface area contributed by atoms with Crippen LogP contribution in [0, 0.1) is 6.92 Å². The molecular formula is C23H25NO4. The van der Waals surface area contributed by atoms with E-state index >= 15 is 0 Å². The number of carbonyl (C=O) groups excluding carboxylic acids is 1. The number of ether oxygens (including phenoxy) is 3. The van der Waals surface area contributed by atoms with Gasteiger partial charge in [0, 0.05) is 0 Å². The molecule has 3 rings (SSSR count). The van der Waals surface area contributed by atoms with Crippen LogP contribution in [0.25, 0.3) is 10.8 Å². The molecule has 5 heteroatoms. The quantitative estimate of drug-likeness (QED) is 0.660. The van der Waals surface area contributed by atoms with Crippen molar-refractivity contribution in [2.45, 2.75) is 19.9 Å². The summed E-state index contributed by atoms with van der Waals surface area (Å²) >= 11 is 0. The molecule has 0 radical (unpaired) electrons. The van der Waals surface area contributed by atoms with Crippen LogP contribution < -0.4 is 19.5 Å². The predicted molar refractivity (Wildman–Crippen MR) is 110 cm³/mol. The Kier molecular flexibility index (Phi) is 6.04. The molecule has 0 fully saturated rings. The van der Waals surface area contributed by atoms with Gasteiger partial charge in [-0.05, 0) is 53.9 Å². The van der Waals surface area contributed by atoms with Gasteiger partial charge in [0.25, 0.3) is 5.91 Å². The zero-order valence-electron chi connectivity index (χ0n) is 16.6. The molecule has 0 heterocycles. The van der Waals surface area contributed by atoms with E-state index in [9.17, 15) is 4.79 Å². The lowest BCUT2D eigenvalue weighted by atomic mass is 10.0. The SMILES string of the molecule is COc1cc(C)cc(OC)c1OCC(=O)N[C@@H](C)c1ccc2ccccc2c1. The van der Waals surface area contributed by atoms with E-state index in [-0.39, 0.29) is 18.6 Å². The van der Waals surface area contributed by atoms with Crippen LogP contribution in [-0.4, -0.2) is 26.7 Å². The Morgan fingerprint density at radius 3 is 2.25 bits per heavy atom. The minimum atomic E-state index is -0.217. The third-order valence-electron chi connectivity index (χ3n) is 4.60. The highest BCUT2D eigenvalue weighted by molar-refractivity contribution is 5.83. The third-order valence-corrected chi connectivity index (χ3v) is 4.60. The van der Waals surface area contributed by atoms with Gasteiger partial charge in [0.15, 0.2) is 18.1 Å². The molecule has 0 saturated carbocycles. The number of nitrogens with one attached hydrogen (secondary N) is 1. The van der Waals surface area contributed by atoms with E-state index in [1.54, 1.807) is 14.2 Å². The molecule has 0 aliphatic heterocycles. The van der Waals surface area contributed by atoms with E-state index in [0.29, 0.717) is 17.2 Å². The Bertz CT molecular complexity index is 958. The molecule has 146 valence electrons. The second-order valence-electron chi connectivity index (χ2n) is 6.68. The minimum Gasteiger partial charge on any atom is -0.493 e. The van der Waals surface area contributed by atoms with Crippen LogP contribution in [-0.2, 0) is 4.79 Å². The monoisotopic (exact) mass is 379 g/mol. The van der Waals surface area contributed by atoms with Gasteiger partial charge in [0.2, 0.25) is 5.75 Å². The van der Waals surface area contributed by atoms with Crippen molar-refractivity contribution in [2.24, 2.45) is 0 Å². The van der Waals surface area contributed by atoms with Crippen molar-refractivity contribution < 1.29 is 19.0 Å². The molecule has 1 N–H and O–H groups in total. The van der Waals surface area contributed by atoms with E-state index in [4.69, 9.17) is 14.2 Å². The van der Waals surface area contributed by atoms with E-state index in [1.165, 1.54) is 5.39 Å². The average Bonchev–Trinajstić information content (AvgIpc) is 2.71. The van der Waals surface area contributed by atoms with E-state index in [1.807, 2.05) is 44.2 Å². The van der Waals surface area contributed by atoms with Gasteiger partial charge in [0.05, 0.1) is 20.3 Å². The van der Waals surface area contributed by atoms with E-state index in [0.717, 1.165) is 16.5 Å². The van der Waals surface area contributed by atoms with Crippen molar-refractivity contribution in [1.29, 1.82) is 0 Å². The van der Waals surface area contributed by atoms with Gasteiger partial charge in [-0.15, -0.1) is 0 Å². The second kappa shape index (κ2) is 8.65. The lowest BCUT2D eigenvalue weighted by molar-refractivity contribution is -0.123. The molecule has 0 aliphatic carbocycles. The molecule has 0 unspecified atom stereocenters. The summed E-state index contributed by atoms with van der Waals surface area (Å²) < 4.78 is 16.4. The minimum absolute atomic E-state index is 0.131. The highest BCUT2D eigenvalue weighted by Crippen LogP contribution is 2.38. The van der Waals surface area contributed by atoms with Gasteiger partial charge in [-0.3, -0.25) is 4.79 Å². The maximum atomic E-state index is 12.4. The first-order chi connectivity index (χ1) is 13.5. The Balaban J connectivity index is 1.67. The summed E-state index contributed by atoms with van der Waals surface area (Å²) in [6, 6.07) is 17.9. The molecule has 0 spiro atoms. The molecule has 0 aromatic heterocycles. The maximum Gasteiger partial charge on any atom is 0.258 e. The molecule has 1 atom stereocenters. The number of aryl methyl sites for hydroxylation is 1. The van der Waals surface area contributed by atoms with Gasteiger partial charge in [0.1, 0.15) is 0 Å². The lowest BCUT2D eigenvalue weighted by Crippen LogP contribution is -2.31. The summed E-state index contributed by atoms with van der Waals surface area (Å²) in [5.41, 5.74) is 2.02. The summed E-state index contributed by atoms with van der Waals surface area (Å²) in [5.74, 6) is 1.27. The fourth-order valence-corrected chi connectivity index (χ4v) is 3.13. The summed E-state index contributed by atoms with van der Waals surface area (Å²) in [5, 5.41) is 5.29. The van der Waals surface area contributed by atoms with Crippen LogP contribution in [0.3, 0.4) is 0 Å². The highest BCUT2D eigenvalue weighted by atomic mass is 16.5. The highest BCUT2D eigenvalue weighted by Gasteiger charge is 2.16. The maximum absolute atomic E-state index is 12.4. The summed E-state index contributed by atoms with van der Waals surface area (Å²) in [7, 11) is 3.12. The van der Waals surface area contributed by atoms with Gasteiger partial charge in [-0.2, -0.15) is 0 Å². The lowest BCUT2D eigenvalue weighted by Gasteiger charge is -2.17. The first-order valence-electron chi connectivity index (χ1n) is 9.15. The van der Waals surface area contributed by atoms with Crippen molar-refractivity contribution >= 4 is 16.7 Å². The number of benzene rings is 3. The molecule has 28 heavy (non-hydrogen) atoms. The van der Waals surface area contributed by atoms with Crippen LogP contribution in [0.1, 0.15) is 24.1 Å². The number of rotatable bonds is 7. The predicted octanol–water partition coefficient (Wildman–Crippen LogP) is 4.42. The number of methoxy groups -OCH3 is 2. The fraction of sp³-hybridized carbons (Fsp3) is 0.261. The Labute approximate surface area is 165 Å². The average molecular weight is 379 g/mol. The van der Waals surface area contributed by atoms with Crippen molar-refractivity contribution in [3.8, 4) is 17.2 Å². The molecule has 5 nitrogen and oxygen atoms in total. The van der Waals surface area contributed by atoms with Gasteiger partial charge >= 0.3 is 0 Å². The van der Waals surface area contributed by atoms with Gasteiger partial charge in [-0.1, -0.05) is 36.4 Å². The molecule has 0 bridgehead atoms. The normalized spacial score (nSPS) is 11.7. The largest absolute Gasteiger partial charge is 0.493 e. The van der Waals surface area contributed by atoms with Crippen LogP contribution in [0.4, 0.5) is 0 Å². The first kappa shape index (κ1) is 19.5. The van der Waals surface area contributed by atoms with Gasteiger partial charge < -0.3 is 19.5 Å². The third kappa shape index (κ3) is 4.36. The van der Waals surface area contributed by atoms with Crippen molar-refractivity contribution in [2.75, 3.05) is 20.8 Å². The molecule has 3 aromatic carbocycles. The number of hydrogen-bond donors (Lipinski definition) is 1. The Hall–Kier alpha value is -3.21. The summed E-state index contributed by atoms with van der Waals surface area (Å²) in [6.45, 7) is 3.76. The van der Waals surface area contributed by atoms with E-state index in [2.05, 4.69) is 29.6 Å². The van der Waals surface area contributed by atoms with Crippen molar-refractivity contribution in [3.63, 3.8) is 0 Å². The van der Waals surface area contributed by atoms with E-state index < -0.39 is 0 Å². The molecule has 0 saturated heterocycles. The molecule has 0 aliphatic rings. The zero-order chi connectivity index (χ0) is 20.1. The second-order valence-corrected chi connectivity index (χ2v) is 6.68. The number of fused-ring (bicyclic) bond motifs is 1. The number of hydrogen-bond acceptors (Lipinski definition) is 4. The summed E-state index contributed by atoms with van der Waals surface area (Å²) in [4.78, 5) is 12.4. The summed E-state index contributed by atoms with van der Waals surface area (Å²) in [6.07, 6.45) is 0. The molecule has 1 amide bonds. The van der Waals surface area contributed by atoms with Crippen molar-refractivity contribution in [3.05, 3.63) is 65.7 Å². The number of amides is 1. The first-order valence-corrected chi connectivity index (χ1v) is 9.15. The van der Waals surface area contributed by atoms with Crippen LogP contribution >= 0.6 is 0 Å². The molecular weight excluding hydrogens is 354 g/mol. The van der Waals surface area contributed by atoms with Gasteiger partial charge in [-0.25, -0.2) is 0 Å². The van der Waals surface area contributed by atoms with Crippen LogP contribution in [0.2, 0.25) is 0 Å². The molecule has 3 aromatic rings. The standard InChI is InChI=1S/C23H25NO4/c1-15-11-20(26-3)23(21(12-15)27-4)28-14-22(25)24-16(2)18-10-9-17-7-5-6-8-19(17)13-18/h5-13,16H,14H2,1-4H3,(H,24,25)/t16-/m0/s1.